The van der Waals surface area contributed by atoms with E-state index in [1.807, 2.05) is 18.2 Å². The summed E-state index contributed by atoms with van der Waals surface area (Å²) in [6.45, 7) is -0.406. The number of nitrogens with zero attached hydrogens (tertiary/aromatic N) is 1. The molecule has 0 heterocycles. The SMILES string of the molecule is COc1ccc2c(c1)CCCC2NC(=O)CN(c1ccc(Cl)c(Cl)c1)S(=O)(=O)c1ccccc1. The Balaban J connectivity index is 1.62. The van der Waals surface area contributed by atoms with Crippen LogP contribution in [0.5, 0.6) is 5.75 Å². The summed E-state index contributed by atoms with van der Waals surface area (Å²) in [6, 6.07) is 18.0. The van der Waals surface area contributed by atoms with E-state index in [0.717, 1.165) is 40.4 Å². The molecule has 3 aromatic carbocycles. The number of halogens is 2. The normalized spacial score (nSPS) is 15.3. The molecule has 34 heavy (non-hydrogen) atoms. The maximum Gasteiger partial charge on any atom is 0.264 e. The first-order valence-corrected chi connectivity index (χ1v) is 13.0. The van der Waals surface area contributed by atoms with Crippen molar-refractivity contribution in [3.63, 3.8) is 0 Å². The van der Waals surface area contributed by atoms with Gasteiger partial charge in [0.1, 0.15) is 12.3 Å². The molecule has 6 nitrogen and oxygen atoms in total. The van der Waals surface area contributed by atoms with E-state index in [2.05, 4.69) is 5.32 Å². The highest BCUT2D eigenvalue weighted by molar-refractivity contribution is 7.92. The number of ether oxygens (including phenoxy) is 1. The maximum atomic E-state index is 13.5. The zero-order valence-corrected chi connectivity index (χ0v) is 20.8. The molecule has 0 bridgehead atoms. The van der Waals surface area contributed by atoms with E-state index in [-0.39, 0.29) is 21.6 Å². The van der Waals surface area contributed by atoms with Crippen LogP contribution in [0.4, 0.5) is 5.69 Å². The van der Waals surface area contributed by atoms with Crippen molar-refractivity contribution in [2.75, 3.05) is 18.0 Å². The predicted molar refractivity (Wildman–Crippen MR) is 134 cm³/mol. The summed E-state index contributed by atoms with van der Waals surface area (Å²) in [5, 5.41) is 3.51. The van der Waals surface area contributed by atoms with Crippen molar-refractivity contribution in [3.8, 4) is 5.75 Å². The van der Waals surface area contributed by atoms with Crippen molar-refractivity contribution in [1.82, 2.24) is 5.32 Å². The van der Waals surface area contributed by atoms with Crippen LogP contribution in [0, 0.1) is 0 Å². The molecule has 1 aliphatic carbocycles. The van der Waals surface area contributed by atoms with Crippen LogP contribution in [0.3, 0.4) is 0 Å². The van der Waals surface area contributed by atoms with Crippen molar-refractivity contribution in [1.29, 1.82) is 0 Å². The molecule has 1 N–H and O–H groups in total. The average Bonchev–Trinajstić information content (AvgIpc) is 2.84. The Kier molecular flexibility index (Phi) is 7.36. The van der Waals surface area contributed by atoms with E-state index in [4.69, 9.17) is 27.9 Å². The Morgan fingerprint density at radius 3 is 2.53 bits per heavy atom. The van der Waals surface area contributed by atoms with Crippen molar-refractivity contribution in [2.24, 2.45) is 0 Å². The molecule has 9 heteroatoms. The van der Waals surface area contributed by atoms with E-state index >= 15 is 0 Å². The molecule has 1 atom stereocenters. The lowest BCUT2D eigenvalue weighted by Crippen LogP contribution is -2.42. The summed E-state index contributed by atoms with van der Waals surface area (Å²) in [4.78, 5) is 13.2. The Labute approximate surface area is 209 Å². The first kappa shape index (κ1) is 24.4. The molecule has 1 amide bonds. The van der Waals surface area contributed by atoms with Gasteiger partial charge in [0.15, 0.2) is 0 Å². The minimum Gasteiger partial charge on any atom is -0.497 e. The van der Waals surface area contributed by atoms with Gasteiger partial charge in [0.05, 0.1) is 33.8 Å². The number of fused-ring (bicyclic) bond motifs is 1. The van der Waals surface area contributed by atoms with Crippen molar-refractivity contribution in [2.45, 2.75) is 30.2 Å². The van der Waals surface area contributed by atoms with Gasteiger partial charge in [-0.15, -0.1) is 0 Å². The van der Waals surface area contributed by atoms with Gasteiger partial charge in [0.25, 0.3) is 10.0 Å². The molecule has 0 saturated heterocycles. The van der Waals surface area contributed by atoms with Crippen LogP contribution in [0.1, 0.15) is 30.0 Å². The largest absolute Gasteiger partial charge is 0.497 e. The number of methoxy groups -OCH3 is 1. The molecular formula is C25H24Cl2N2O4S. The Morgan fingerprint density at radius 1 is 1.06 bits per heavy atom. The highest BCUT2D eigenvalue weighted by atomic mass is 35.5. The first-order chi connectivity index (χ1) is 16.3. The van der Waals surface area contributed by atoms with Crippen molar-refractivity contribution < 1.29 is 17.9 Å². The molecule has 4 rings (SSSR count). The number of hydrogen-bond acceptors (Lipinski definition) is 4. The van der Waals surface area contributed by atoms with Gasteiger partial charge < -0.3 is 10.1 Å². The summed E-state index contributed by atoms with van der Waals surface area (Å²) in [5.74, 6) is 0.352. The molecule has 0 aliphatic heterocycles. The average molecular weight is 519 g/mol. The molecule has 0 spiro atoms. The zero-order chi connectivity index (χ0) is 24.3. The van der Waals surface area contributed by atoms with Crippen LogP contribution >= 0.6 is 23.2 Å². The minimum absolute atomic E-state index is 0.0731. The number of amides is 1. The first-order valence-electron chi connectivity index (χ1n) is 10.8. The third-order valence-electron chi connectivity index (χ3n) is 5.81. The lowest BCUT2D eigenvalue weighted by Gasteiger charge is -2.29. The molecule has 0 saturated carbocycles. The number of nitrogens with one attached hydrogen (secondary N) is 1. The number of carbonyl (C=O) groups excluding carboxylic acids is 1. The van der Waals surface area contributed by atoms with Crippen molar-refractivity contribution >= 4 is 44.8 Å². The number of rotatable bonds is 7. The van der Waals surface area contributed by atoms with Crippen LogP contribution in [-0.4, -0.2) is 28.0 Å². The summed E-state index contributed by atoms with van der Waals surface area (Å²) >= 11 is 12.2. The monoisotopic (exact) mass is 518 g/mol. The number of aryl methyl sites for hydroxylation is 1. The Bertz CT molecular complexity index is 1300. The second kappa shape index (κ2) is 10.3. The highest BCUT2D eigenvalue weighted by Crippen LogP contribution is 2.33. The number of benzene rings is 3. The van der Waals surface area contributed by atoms with E-state index in [0.29, 0.717) is 5.02 Å². The van der Waals surface area contributed by atoms with Gasteiger partial charge in [0, 0.05) is 0 Å². The predicted octanol–water partition coefficient (Wildman–Crippen LogP) is 5.39. The van der Waals surface area contributed by atoms with E-state index < -0.39 is 22.5 Å². The van der Waals surface area contributed by atoms with Crippen LogP contribution in [-0.2, 0) is 21.2 Å². The van der Waals surface area contributed by atoms with Crippen LogP contribution in [0.15, 0.2) is 71.6 Å². The van der Waals surface area contributed by atoms with E-state index in [1.54, 1.807) is 25.3 Å². The fourth-order valence-electron chi connectivity index (χ4n) is 4.11. The molecule has 178 valence electrons. The third-order valence-corrected chi connectivity index (χ3v) is 8.34. The molecule has 3 aromatic rings. The second-order valence-corrected chi connectivity index (χ2v) is 10.7. The summed E-state index contributed by atoms with van der Waals surface area (Å²) < 4.78 is 33.3. The van der Waals surface area contributed by atoms with Gasteiger partial charge in [-0.2, -0.15) is 0 Å². The number of carbonyl (C=O) groups is 1. The van der Waals surface area contributed by atoms with Gasteiger partial charge in [-0.1, -0.05) is 47.5 Å². The fraction of sp³-hybridized carbons (Fsp3) is 0.240. The van der Waals surface area contributed by atoms with Crippen LogP contribution in [0.2, 0.25) is 10.0 Å². The maximum absolute atomic E-state index is 13.5. The summed E-state index contributed by atoms with van der Waals surface area (Å²) in [7, 11) is -2.42. The standard InChI is InChI=1S/C25H24Cl2N2O4S/c1-33-19-11-12-21-17(14-19)6-5-9-24(21)28-25(30)16-29(18-10-13-22(26)23(27)15-18)34(31,32)20-7-3-2-4-8-20/h2-4,7-8,10-15,24H,5-6,9,16H2,1H3,(H,28,30). The highest BCUT2D eigenvalue weighted by Gasteiger charge is 2.29. The van der Waals surface area contributed by atoms with E-state index in [1.165, 1.54) is 30.3 Å². The Hall–Kier alpha value is -2.74. The van der Waals surface area contributed by atoms with E-state index in [9.17, 15) is 13.2 Å². The molecule has 1 aliphatic rings. The van der Waals surface area contributed by atoms with Crippen molar-refractivity contribution in [3.05, 3.63) is 87.9 Å². The van der Waals surface area contributed by atoms with Gasteiger partial charge >= 0.3 is 0 Å². The topological polar surface area (TPSA) is 75.7 Å². The Morgan fingerprint density at radius 2 is 1.82 bits per heavy atom. The summed E-state index contributed by atoms with van der Waals surface area (Å²) in [5.41, 5.74) is 2.39. The smallest absolute Gasteiger partial charge is 0.264 e. The number of anilines is 1. The van der Waals surface area contributed by atoms with Crippen LogP contribution < -0.4 is 14.4 Å². The quantitative estimate of drug-likeness (QED) is 0.454. The van der Waals surface area contributed by atoms with Gasteiger partial charge in [-0.3, -0.25) is 9.10 Å². The molecule has 0 radical (unpaired) electrons. The minimum atomic E-state index is -4.03. The van der Waals surface area contributed by atoms with Crippen LogP contribution in [0.25, 0.3) is 0 Å². The summed E-state index contributed by atoms with van der Waals surface area (Å²) in [6.07, 6.45) is 2.57. The number of hydrogen-bond donors (Lipinski definition) is 1. The lowest BCUT2D eigenvalue weighted by atomic mass is 9.87. The molecule has 0 aromatic heterocycles. The molecular weight excluding hydrogens is 495 g/mol. The van der Waals surface area contributed by atoms with Gasteiger partial charge in [-0.25, -0.2) is 8.42 Å². The molecule has 0 fully saturated rings. The second-order valence-electron chi connectivity index (χ2n) is 8.00. The molecule has 1 unspecified atom stereocenters. The number of sulfonamides is 1. The fourth-order valence-corrected chi connectivity index (χ4v) is 5.84. The van der Waals surface area contributed by atoms with Gasteiger partial charge in [-0.05, 0) is 72.9 Å². The lowest BCUT2D eigenvalue weighted by molar-refractivity contribution is -0.120. The zero-order valence-electron chi connectivity index (χ0n) is 18.5. The van der Waals surface area contributed by atoms with Gasteiger partial charge in [0.2, 0.25) is 5.91 Å². The third kappa shape index (κ3) is 5.17.